The Hall–Kier alpha value is -1.35. The first-order valence-electron chi connectivity index (χ1n) is 8.50. The number of nitrogens with one attached hydrogen (secondary N) is 1. The molecule has 1 heterocycles. The molecule has 1 N–H and O–H groups in total. The van der Waals surface area contributed by atoms with Crippen molar-refractivity contribution in [3.8, 4) is 5.75 Å². The molecule has 22 heavy (non-hydrogen) atoms. The number of ketones is 1. The maximum Gasteiger partial charge on any atom is 0.166 e. The van der Waals surface area contributed by atoms with Crippen molar-refractivity contribution in [3.05, 3.63) is 29.3 Å². The second-order valence-corrected chi connectivity index (χ2v) is 7.00. The molecule has 1 aromatic carbocycles. The van der Waals surface area contributed by atoms with E-state index in [-0.39, 0.29) is 5.92 Å². The monoisotopic (exact) mass is 303 g/mol. The van der Waals surface area contributed by atoms with Crippen LogP contribution >= 0.6 is 0 Å². The molecule has 0 radical (unpaired) electrons. The molecule has 0 saturated carbocycles. The van der Waals surface area contributed by atoms with Crippen LogP contribution in [0.25, 0.3) is 0 Å². The summed E-state index contributed by atoms with van der Waals surface area (Å²) in [6.45, 7) is 11.2. The number of carbonyl (C=O) groups excluding carboxylic acids is 1. The van der Waals surface area contributed by atoms with Crippen LogP contribution in [0.4, 0.5) is 0 Å². The van der Waals surface area contributed by atoms with Gasteiger partial charge in [0.15, 0.2) is 5.78 Å². The molecule has 0 atom stereocenters. The third-order valence-electron chi connectivity index (χ3n) is 4.20. The minimum atomic E-state index is 0.170. The zero-order valence-electron chi connectivity index (χ0n) is 14.3. The van der Waals surface area contributed by atoms with E-state index in [0.717, 1.165) is 42.8 Å². The van der Waals surface area contributed by atoms with Gasteiger partial charge in [-0.15, -0.1) is 0 Å². The summed E-state index contributed by atoms with van der Waals surface area (Å²) in [6, 6.07) is 5.96. The molecule has 1 aliphatic rings. The minimum Gasteiger partial charge on any atom is -0.493 e. The van der Waals surface area contributed by atoms with Gasteiger partial charge in [0.25, 0.3) is 0 Å². The Bertz CT molecular complexity index is 502. The fourth-order valence-corrected chi connectivity index (χ4v) is 2.86. The van der Waals surface area contributed by atoms with Gasteiger partial charge in [0, 0.05) is 11.5 Å². The average Bonchev–Trinajstić information content (AvgIpc) is 2.52. The highest BCUT2D eigenvalue weighted by atomic mass is 16.5. The molecule has 0 bridgehead atoms. The summed E-state index contributed by atoms with van der Waals surface area (Å²) in [5.41, 5.74) is 1.98. The summed E-state index contributed by atoms with van der Waals surface area (Å²) in [7, 11) is 0. The number of ether oxygens (including phenoxy) is 1. The molecular weight excluding hydrogens is 274 g/mol. The van der Waals surface area contributed by atoms with E-state index < -0.39 is 0 Å². The number of hydrogen-bond acceptors (Lipinski definition) is 3. The quantitative estimate of drug-likeness (QED) is 0.806. The summed E-state index contributed by atoms with van der Waals surface area (Å²) in [5.74, 6) is 2.23. The highest BCUT2D eigenvalue weighted by Crippen LogP contribution is 2.29. The smallest absolute Gasteiger partial charge is 0.166 e. The Balaban J connectivity index is 2.18. The molecule has 2 rings (SSSR count). The highest BCUT2D eigenvalue weighted by molar-refractivity contribution is 5.98. The lowest BCUT2D eigenvalue weighted by atomic mass is 9.88. The zero-order chi connectivity index (χ0) is 16.1. The Morgan fingerprint density at radius 3 is 2.50 bits per heavy atom. The topological polar surface area (TPSA) is 38.3 Å². The van der Waals surface area contributed by atoms with E-state index in [0.29, 0.717) is 24.2 Å². The number of hydrogen-bond donors (Lipinski definition) is 1. The van der Waals surface area contributed by atoms with Gasteiger partial charge in [0.2, 0.25) is 0 Å². The molecule has 0 amide bonds. The predicted octanol–water partition coefficient (Wildman–Crippen LogP) is 4.03. The van der Waals surface area contributed by atoms with Gasteiger partial charge in [-0.05, 0) is 61.5 Å². The number of carbonyl (C=O) groups is 1. The van der Waals surface area contributed by atoms with E-state index >= 15 is 0 Å². The fourth-order valence-electron chi connectivity index (χ4n) is 2.86. The van der Waals surface area contributed by atoms with Gasteiger partial charge in [-0.3, -0.25) is 4.79 Å². The highest BCUT2D eigenvalue weighted by Gasteiger charge is 2.23. The molecule has 3 heteroatoms. The van der Waals surface area contributed by atoms with Crippen LogP contribution < -0.4 is 10.1 Å². The van der Waals surface area contributed by atoms with Crippen molar-refractivity contribution in [3.63, 3.8) is 0 Å². The van der Waals surface area contributed by atoms with Crippen molar-refractivity contribution < 1.29 is 9.53 Å². The van der Waals surface area contributed by atoms with Crippen LogP contribution in [0.15, 0.2) is 18.2 Å². The SMILES string of the molecule is CC(C)COc1ccc(C(=O)C2CCNCC2)cc1C(C)C. The van der Waals surface area contributed by atoms with Gasteiger partial charge in [-0.1, -0.05) is 27.7 Å². The molecule has 1 aromatic rings. The first-order chi connectivity index (χ1) is 10.5. The van der Waals surface area contributed by atoms with E-state index in [4.69, 9.17) is 4.74 Å². The second-order valence-electron chi connectivity index (χ2n) is 7.00. The van der Waals surface area contributed by atoms with E-state index in [1.165, 1.54) is 0 Å². The van der Waals surface area contributed by atoms with Crippen LogP contribution in [0.5, 0.6) is 5.75 Å². The van der Waals surface area contributed by atoms with Crippen LogP contribution in [0, 0.1) is 11.8 Å². The molecule has 3 nitrogen and oxygen atoms in total. The normalized spacial score (nSPS) is 16.3. The number of rotatable bonds is 6. The maximum absolute atomic E-state index is 12.7. The minimum absolute atomic E-state index is 0.170. The molecule has 1 saturated heterocycles. The molecule has 122 valence electrons. The summed E-state index contributed by atoms with van der Waals surface area (Å²) in [6.07, 6.45) is 1.89. The molecule has 0 spiro atoms. The lowest BCUT2D eigenvalue weighted by molar-refractivity contribution is 0.0895. The molecule has 0 aromatic heterocycles. The lowest BCUT2D eigenvalue weighted by Gasteiger charge is -2.22. The second kappa shape index (κ2) is 7.77. The van der Waals surface area contributed by atoms with Crippen LogP contribution in [-0.2, 0) is 0 Å². The third kappa shape index (κ3) is 4.33. The Morgan fingerprint density at radius 1 is 1.23 bits per heavy atom. The fraction of sp³-hybridized carbons (Fsp3) is 0.632. The number of piperidine rings is 1. The van der Waals surface area contributed by atoms with Gasteiger partial charge in [0.05, 0.1) is 6.61 Å². The summed E-state index contributed by atoms with van der Waals surface area (Å²) < 4.78 is 5.92. The first kappa shape index (κ1) is 17.0. The molecule has 1 fully saturated rings. The Morgan fingerprint density at radius 2 is 1.91 bits per heavy atom. The summed E-state index contributed by atoms with van der Waals surface area (Å²) >= 11 is 0. The van der Waals surface area contributed by atoms with Crippen molar-refractivity contribution in [1.82, 2.24) is 5.32 Å². The van der Waals surface area contributed by atoms with E-state index in [2.05, 4.69) is 33.0 Å². The average molecular weight is 303 g/mol. The standard InChI is InChI=1S/C19H29NO2/c1-13(2)12-22-18-6-5-16(11-17(18)14(3)4)19(21)15-7-9-20-10-8-15/h5-6,11,13-15,20H,7-10,12H2,1-4H3. The van der Waals surface area contributed by atoms with Gasteiger partial charge in [-0.2, -0.15) is 0 Å². The molecular formula is C19H29NO2. The van der Waals surface area contributed by atoms with Gasteiger partial charge in [-0.25, -0.2) is 0 Å². The van der Waals surface area contributed by atoms with Crippen LogP contribution in [0.3, 0.4) is 0 Å². The van der Waals surface area contributed by atoms with Crippen molar-refractivity contribution in [2.45, 2.75) is 46.5 Å². The Labute approximate surface area is 134 Å². The van der Waals surface area contributed by atoms with Gasteiger partial charge < -0.3 is 10.1 Å². The molecule has 0 unspecified atom stereocenters. The summed E-state index contributed by atoms with van der Waals surface area (Å²) in [5, 5.41) is 3.31. The van der Waals surface area contributed by atoms with Crippen molar-refractivity contribution in [2.24, 2.45) is 11.8 Å². The van der Waals surface area contributed by atoms with Gasteiger partial charge >= 0.3 is 0 Å². The number of benzene rings is 1. The van der Waals surface area contributed by atoms with Crippen molar-refractivity contribution >= 4 is 5.78 Å². The van der Waals surface area contributed by atoms with E-state index in [1.54, 1.807) is 0 Å². The van der Waals surface area contributed by atoms with Crippen LogP contribution in [0.2, 0.25) is 0 Å². The van der Waals surface area contributed by atoms with E-state index in [1.807, 2.05) is 18.2 Å². The van der Waals surface area contributed by atoms with Crippen LogP contribution in [0.1, 0.15) is 62.4 Å². The molecule has 1 aliphatic heterocycles. The first-order valence-corrected chi connectivity index (χ1v) is 8.50. The predicted molar refractivity (Wildman–Crippen MR) is 90.8 cm³/mol. The lowest BCUT2D eigenvalue weighted by Crippen LogP contribution is -2.31. The largest absolute Gasteiger partial charge is 0.493 e. The molecule has 0 aliphatic carbocycles. The van der Waals surface area contributed by atoms with Gasteiger partial charge in [0.1, 0.15) is 5.75 Å². The van der Waals surface area contributed by atoms with Crippen molar-refractivity contribution in [2.75, 3.05) is 19.7 Å². The maximum atomic E-state index is 12.7. The number of Topliss-reactive ketones (excluding diaryl/α,β-unsaturated/α-hetero) is 1. The third-order valence-corrected chi connectivity index (χ3v) is 4.20. The summed E-state index contributed by atoms with van der Waals surface area (Å²) in [4.78, 5) is 12.7. The zero-order valence-corrected chi connectivity index (χ0v) is 14.3. The van der Waals surface area contributed by atoms with Crippen molar-refractivity contribution in [1.29, 1.82) is 0 Å². The Kier molecular flexibility index (Phi) is 6.01. The van der Waals surface area contributed by atoms with E-state index in [9.17, 15) is 4.79 Å². The van der Waals surface area contributed by atoms with Crippen LogP contribution in [-0.4, -0.2) is 25.5 Å².